The number of hydrogen-bond donors (Lipinski definition) is 0. The Morgan fingerprint density at radius 2 is 1.26 bits per heavy atom. The van der Waals surface area contributed by atoms with Gasteiger partial charge in [0.25, 0.3) is 0 Å². The van der Waals surface area contributed by atoms with Crippen LogP contribution in [0.15, 0.2) is 109 Å². The van der Waals surface area contributed by atoms with Gasteiger partial charge in [0.05, 0.1) is 23.3 Å². The Kier molecular flexibility index (Phi) is 11.0. The number of carbonyl (C=O) groups excluding carboxylic acids is 3. The Hall–Kier alpha value is -4.97. The molecule has 0 saturated heterocycles. The van der Waals surface area contributed by atoms with Crippen LogP contribution < -0.4 is 9.47 Å². The smallest absolute Gasteiger partial charge is 0.343 e. The molecule has 0 N–H and O–H groups in total. The summed E-state index contributed by atoms with van der Waals surface area (Å²) >= 11 is 0. The molecule has 5 rings (SSSR count). The van der Waals surface area contributed by atoms with Crippen molar-refractivity contribution in [1.82, 2.24) is 0 Å². The number of rotatable bonds is 11. The van der Waals surface area contributed by atoms with Crippen molar-refractivity contribution in [1.29, 1.82) is 0 Å². The molecule has 6 heteroatoms. The van der Waals surface area contributed by atoms with Gasteiger partial charge in [-0.15, -0.1) is 0 Å². The minimum atomic E-state index is -0.530. The zero-order chi connectivity index (χ0) is 33.3. The normalized spacial score (nSPS) is 15.9. The molecule has 3 atom stereocenters. The molecule has 47 heavy (non-hydrogen) atoms. The molecule has 0 aromatic heterocycles. The third kappa shape index (κ3) is 8.25. The van der Waals surface area contributed by atoms with E-state index in [1.165, 1.54) is 5.57 Å². The topological polar surface area (TPSA) is 78.9 Å². The average molecular weight is 631 g/mol. The van der Waals surface area contributed by atoms with E-state index in [9.17, 15) is 14.4 Å². The van der Waals surface area contributed by atoms with Gasteiger partial charge >= 0.3 is 17.9 Å². The van der Waals surface area contributed by atoms with E-state index in [0.717, 1.165) is 36.8 Å². The number of ether oxygens (including phenoxy) is 3. The summed E-state index contributed by atoms with van der Waals surface area (Å²) in [6.45, 7) is 8.40. The summed E-state index contributed by atoms with van der Waals surface area (Å²) in [5.41, 5.74) is 5.13. The summed E-state index contributed by atoms with van der Waals surface area (Å²) in [6, 6.07) is 28.7. The van der Waals surface area contributed by atoms with Gasteiger partial charge in [-0.3, -0.25) is 0 Å². The summed E-state index contributed by atoms with van der Waals surface area (Å²) in [5.74, 6) is -0.814. The highest BCUT2D eigenvalue weighted by Gasteiger charge is 2.36. The van der Waals surface area contributed by atoms with Crippen LogP contribution in [0.2, 0.25) is 0 Å². The van der Waals surface area contributed by atoms with Crippen molar-refractivity contribution in [2.24, 2.45) is 5.92 Å². The molecule has 0 fully saturated rings. The summed E-state index contributed by atoms with van der Waals surface area (Å²) in [7, 11) is 0. The Labute approximate surface area is 277 Å². The lowest BCUT2D eigenvalue weighted by atomic mass is 9.70. The van der Waals surface area contributed by atoms with Crippen LogP contribution in [0, 0.1) is 12.8 Å². The van der Waals surface area contributed by atoms with E-state index in [-0.39, 0.29) is 41.8 Å². The van der Waals surface area contributed by atoms with E-state index in [2.05, 4.69) is 32.9 Å². The molecule has 6 nitrogen and oxygen atoms in total. The summed E-state index contributed by atoms with van der Waals surface area (Å²) < 4.78 is 18.2. The highest BCUT2D eigenvalue weighted by atomic mass is 16.6. The Morgan fingerprint density at radius 1 is 0.745 bits per heavy atom. The van der Waals surface area contributed by atoms with Gasteiger partial charge in [-0.2, -0.15) is 0 Å². The number of esters is 3. The lowest BCUT2D eigenvalue weighted by Gasteiger charge is -2.36. The molecular formula is C41H42O6. The Balaban J connectivity index is 1.56. The maximum Gasteiger partial charge on any atom is 0.343 e. The fourth-order valence-corrected chi connectivity index (χ4v) is 6.35. The minimum absolute atomic E-state index is 0.0132. The van der Waals surface area contributed by atoms with Crippen LogP contribution in [0.25, 0.3) is 0 Å². The van der Waals surface area contributed by atoms with Gasteiger partial charge in [-0.05, 0) is 106 Å². The fourth-order valence-electron chi connectivity index (χ4n) is 6.35. The maximum absolute atomic E-state index is 13.5. The van der Waals surface area contributed by atoms with Crippen molar-refractivity contribution in [3.63, 3.8) is 0 Å². The standard InChI is InChI=1S/C41H42O6/c1-27(2)15-14-22-33(26-45-39(42)30-16-8-5-9-17-30)34-24-23-28(3)36-35(34)25-29(4)37(46-40(43)31-18-10-6-11-19-31)38(36)47-41(44)32-20-12-7-13-21-32/h5-13,15-21,25,28,33-34H,14,22-24,26H2,1-4H3/t28-,33?,34?/m1/s1. The van der Waals surface area contributed by atoms with Crippen molar-refractivity contribution in [3.8, 4) is 11.5 Å². The molecular weight excluding hydrogens is 588 g/mol. The fraction of sp³-hybridized carbons (Fsp3) is 0.293. The Morgan fingerprint density at radius 3 is 1.79 bits per heavy atom. The van der Waals surface area contributed by atoms with E-state index in [0.29, 0.717) is 22.3 Å². The third-order valence-electron chi connectivity index (χ3n) is 8.80. The molecule has 1 aliphatic carbocycles. The molecule has 0 radical (unpaired) electrons. The zero-order valence-corrected chi connectivity index (χ0v) is 27.5. The number of hydrogen-bond acceptors (Lipinski definition) is 6. The first-order chi connectivity index (χ1) is 22.7. The molecule has 242 valence electrons. The quantitative estimate of drug-likeness (QED) is 0.0933. The van der Waals surface area contributed by atoms with Gasteiger partial charge in [0, 0.05) is 11.5 Å². The van der Waals surface area contributed by atoms with Crippen molar-refractivity contribution in [2.75, 3.05) is 6.61 Å². The second-order valence-corrected chi connectivity index (χ2v) is 12.5. The second kappa shape index (κ2) is 15.5. The predicted octanol–water partition coefficient (Wildman–Crippen LogP) is 9.63. The van der Waals surface area contributed by atoms with Crippen molar-refractivity contribution in [3.05, 3.63) is 142 Å². The van der Waals surface area contributed by atoms with Crippen molar-refractivity contribution < 1.29 is 28.6 Å². The van der Waals surface area contributed by atoms with Gasteiger partial charge in [-0.1, -0.05) is 79.2 Å². The van der Waals surface area contributed by atoms with Crippen LogP contribution in [0.5, 0.6) is 11.5 Å². The second-order valence-electron chi connectivity index (χ2n) is 12.5. The Bertz CT molecular complexity index is 1720. The molecule has 2 unspecified atom stereocenters. The molecule has 0 amide bonds. The van der Waals surface area contributed by atoms with Crippen LogP contribution in [0.3, 0.4) is 0 Å². The van der Waals surface area contributed by atoms with Gasteiger partial charge in [-0.25, -0.2) is 14.4 Å². The first-order valence-corrected chi connectivity index (χ1v) is 16.3. The highest BCUT2D eigenvalue weighted by molar-refractivity contribution is 5.94. The number of benzene rings is 4. The highest BCUT2D eigenvalue weighted by Crippen LogP contribution is 2.51. The van der Waals surface area contributed by atoms with E-state index in [4.69, 9.17) is 14.2 Å². The first kappa shape index (κ1) is 33.4. The van der Waals surface area contributed by atoms with Gasteiger partial charge in [0.1, 0.15) is 0 Å². The number of aryl methyl sites for hydroxylation is 1. The van der Waals surface area contributed by atoms with E-state index < -0.39 is 11.9 Å². The molecule has 0 bridgehead atoms. The number of allylic oxidation sites excluding steroid dienone is 2. The largest absolute Gasteiger partial charge is 0.462 e. The molecule has 4 aromatic carbocycles. The van der Waals surface area contributed by atoms with Crippen LogP contribution in [-0.2, 0) is 4.74 Å². The summed E-state index contributed by atoms with van der Waals surface area (Å²) in [4.78, 5) is 39.9. The van der Waals surface area contributed by atoms with Crippen LogP contribution in [0.4, 0.5) is 0 Å². The third-order valence-corrected chi connectivity index (χ3v) is 8.80. The molecule has 0 aliphatic heterocycles. The first-order valence-electron chi connectivity index (χ1n) is 16.3. The van der Waals surface area contributed by atoms with Crippen LogP contribution in [-0.4, -0.2) is 24.5 Å². The van der Waals surface area contributed by atoms with E-state index in [1.54, 1.807) is 60.7 Å². The summed E-state index contributed by atoms with van der Waals surface area (Å²) in [6.07, 6.45) is 5.58. The average Bonchev–Trinajstić information content (AvgIpc) is 3.08. The van der Waals surface area contributed by atoms with E-state index >= 15 is 0 Å². The zero-order valence-electron chi connectivity index (χ0n) is 27.5. The van der Waals surface area contributed by atoms with Gasteiger partial charge in [0.2, 0.25) is 0 Å². The predicted molar refractivity (Wildman–Crippen MR) is 183 cm³/mol. The van der Waals surface area contributed by atoms with Crippen LogP contribution >= 0.6 is 0 Å². The van der Waals surface area contributed by atoms with Crippen molar-refractivity contribution in [2.45, 2.75) is 65.2 Å². The molecule has 0 spiro atoms. The van der Waals surface area contributed by atoms with Crippen LogP contribution in [0.1, 0.15) is 106 Å². The maximum atomic E-state index is 13.5. The van der Waals surface area contributed by atoms with E-state index in [1.807, 2.05) is 37.3 Å². The summed E-state index contributed by atoms with van der Waals surface area (Å²) in [5, 5.41) is 0. The SMILES string of the molecule is CC(C)=CCCC(COC(=O)c1ccccc1)C1CC[C@@H](C)c2c1cc(C)c(OC(=O)c1ccccc1)c2OC(=O)c1ccccc1. The lowest BCUT2D eigenvalue weighted by Crippen LogP contribution is -2.26. The monoisotopic (exact) mass is 630 g/mol. The number of fused-ring (bicyclic) bond motifs is 1. The van der Waals surface area contributed by atoms with Gasteiger partial charge < -0.3 is 14.2 Å². The molecule has 0 heterocycles. The molecule has 0 saturated carbocycles. The lowest BCUT2D eigenvalue weighted by molar-refractivity contribution is 0.0403. The minimum Gasteiger partial charge on any atom is -0.462 e. The number of carbonyl (C=O) groups is 3. The van der Waals surface area contributed by atoms with Crippen molar-refractivity contribution >= 4 is 17.9 Å². The molecule has 4 aromatic rings. The molecule has 1 aliphatic rings. The van der Waals surface area contributed by atoms with Gasteiger partial charge in [0.15, 0.2) is 11.5 Å².